The van der Waals surface area contributed by atoms with E-state index in [9.17, 15) is 0 Å². The molecule has 0 aromatic carbocycles. The average molecular weight is 137 g/mol. The van der Waals surface area contributed by atoms with E-state index < -0.39 is 0 Å². The quantitative estimate of drug-likeness (QED) is 0.448. The lowest BCUT2D eigenvalue weighted by Crippen LogP contribution is -2.10. The maximum Gasteiger partial charge on any atom is 0.143 e. The van der Waals surface area contributed by atoms with Gasteiger partial charge in [-0.3, -0.25) is 0 Å². The van der Waals surface area contributed by atoms with Crippen LogP contribution < -0.4 is 11.3 Å². The Balaban J connectivity index is 3.09. The summed E-state index contributed by atoms with van der Waals surface area (Å²) in [5.41, 5.74) is 4.56. The Morgan fingerprint density at radius 1 is 1.40 bits per heavy atom. The van der Waals surface area contributed by atoms with Crippen molar-refractivity contribution < 1.29 is 0 Å². The molecule has 3 nitrogen and oxygen atoms in total. The monoisotopic (exact) mass is 137 g/mol. The van der Waals surface area contributed by atoms with E-state index in [1.165, 1.54) is 0 Å². The smallest absolute Gasteiger partial charge is 0.143 e. The van der Waals surface area contributed by atoms with Crippen LogP contribution in [0.4, 0.5) is 5.82 Å². The molecule has 3 N–H and O–H groups in total. The lowest BCUT2D eigenvalue weighted by molar-refractivity contribution is 1.13. The van der Waals surface area contributed by atoms with Crippen LogP contribution in [0.25, 0.3) is 0 Å². The second-order valence-corrected chi connectivity index (χ2v) is 2.26. The second kappa shape index (κ2) is 2.66. The van der Waals surface area contributed by atoms with Crippen LogP contribution in [0.1, 0.15) is 11.3 Å². The van der Waals surface area contributed by atoms with E-state index in [0.717, 1.165) is 17.1 Å². The number of nitrogen functional groups attached to an aromatic ring is 1. The maximum atomic E-state index is 5.21. The zero-order valence-corrected chi connectivity index (χ0v) is 6.18. The molecule has 0 saturated heterocycles. The summed E-state index contributed by atoms with van der Waals surface area (Å²) < 4.78 is 0. The molecule has 0 fully saturated rings. The number of rotatable bonds is 1. The highest BCUT2D eigenvalue weighted by atomic mass is 15.2. The summed E-state index contributed by atoms with van der Waals surface area (Å²) in [5, 5.41) is 0. The molecule has 3 heteroatoms. The minimum absolute atomic E-state index is 0.750. The predicted octanol–water partition coefficient (Wildman–Crippen LogP) is 0.984. The van der Waals surface area contributed by atoms with Crippen molar-refractivity contribution in [3.8, 4) is 0 Å². The number of aryl methyl sites for hydroxylation is 2. The molecule has 0 aliphatic heterocycles. The van der Waals surface area contributed by atoms with Crippen molar-refractivity contribution in [3.05, 3.63) is 23.4 Å². The number of aromatic nitrogens is 1. The van der Waals surface area contributed by atoms with E-state index in [-0.39, 0.29) is 0 Å². The molecule has 0 radical (unpaired) electrons. The first-order valence-corrected chi connectivity index (χ1v) is 3.15. The highest BCUT2D eigenvalue weighted by Gasteiger charge is 1.95. The van der Waals surface area contributed by atoms with E-state index in [2.05, 4.69) is 10.4 Å². The number of pyridine rings is 1. The van der Waals surface area contributed by atoms with Crippen molar-refractivity contribution in [1.29, 1.82) is 0 Å². The highest BCUT2D eigenvalue weighted by Crippen LogP contribution is 2.09. The van der Waals surface area contributed by atoms with Crippen molar-refractivity contribution in [2.75, 3.05) is 5.43 Å². The van der Waals surface area contributed by atoms with Gasteiger partial charge in [0, 0.05) is 5.69 Å². The van der Waals surface area contributed by atoms with Crippen molar-refractivity contribution >= 4 is 5.82 Å². The third-order valence-electron chi connectivity index (χ3n) is 1.37. The molecule has 0 atom stereocenters. The van der Waals surface area contributed by atoms with Gasteiger partial charge < -0.3 is 5.43 Å². The molecule has 1 rings (SSSR count). The largest absolute Gasteiger partial charge is 0.308 e. The average Bonchev–Trinajstić information content (AvgIpc) is 1.94. The van der Waals surface area contributed by atoms with Crippen molar-refractivity contribution in [3.63, 3.8) is 0 Å². The molecule has 1 aromatic rings. The van der Waals surface area contributed by atoms with E-state index in [1.54, 1.807) is 0 Å². The Bertz CT molecular complexity index is 232. The minimum atomic E-state index is 0.750. The second-order valence-electron chi connectivity index (χ2n) is 2.26. The molecule has 0 amide bonds. The summed E-state index contributed by atoms with van der Waals surface area (Å²) in [5.74, 6) is 5.96. The summed E-state index contributed by atoms with van der Waals surface area (Å²) in [6.07, 6.45) is 0. The Labute approximate surface area is 60.2 Å². The Hall–Kier alpha value is -1.09. The van der Waals surface area contributed by atoms with Crippen LogP contribution in [-0.4, -0.2) is 4.98 Å². The van der Waals surface area contributed by atoms with Gasteiger partial charge in [0.25, 0.3) is 0 Å². The summed E-state index contributed by atoms with van der Waals surface area (Å²) in [6.45, 7) is 3.89. The summed E-state index contributed by atoms with van der Waals surface area (Å²) in [4.78, 5) is 4.16. The van der Waals surface area contributed by atoms with E-state index in [4.69, 9.17) is 5.84 Å². The van der Waals surface area contributed by atoms with Gasteiger partial charge in [-0.15, -0.1) is 0 Å². The van der Waals surface area contributed by atoms with Crippen LogP contribution >= 0.6 is 0 Å². The molecule has 0 unspecified atom stereocenters. The lowest BCUT2D eigenvalue weighted by Gasteiger charge is -2.02. The molecule has 0 saturated carbocycles. The van der Waals surface area contributed by atoms with Gasteiger partial charge in [0.1, 0.15) is 5.82 Å². The fourth-order valence-corrected chi connectivity index (χ4v) is 0.772. The number of hydrogen-bond donors (Lipinski definition) is 2. The maximum absolute atomic E-state index is 5.21. The van der Waals surface area contributed by atoms with Crippen LogP contribution in [0, 0.1) is 13.8 Å². The van der Waals surface area contributed by atoms with Gasteiger partial charge in [-0.25, -0.2) is 10.8 Å². The number of nitrogens with two attached hydrogens (primary N) is 1. The molecule has 1 aromatic heterocycles. The third kappa shape index (κ3) is 1.25. The van der Waals surface area contributed by atoms with Crippen LogP contribution in [0.5, 0.6) is 0 Å². The molecule has 0 aliphatic rings. The van der Waals surface area contributed by atoms with Gasteiger partial charge in [-0.05, 0) is 25.5 Å². The molecule has 0 bridgehead atoms. The Morgan fingerprint density at radius 3 is 2.60 bits per heavy atom. The normalized spacial score (nSPS) is 9.50. The Morgan fingerprint density at radius 2 is 2.10 bits per heavy atom. The SMILES string of the molecule is Cc1ccc(C)c(NN)n1. The molecule has 54 valence electrons. The molecular weight excluding hydrogens is 126 g/mol. The predicted molar refractivity (Wildman–Crippen MR) is 41.5 cm³/mol. The minimum Gasteiger partial charge on any atom is -0.308 e. The van der Waals surface area contributed by atoms with Crippen molar-refractivity contribution in [1.82, 2.24) is 4.98 Å². The first-order chi connectivity index (χ1) is 4.74. The van der Waals surface area contributed by atoms with Crippen molar-refractivity contribution in [2.45, 2.75) is 13.8 Å². The topological polar surface area (TPSA) is 50.9 Å². The summed E-state index contributed by atoms with van der Waals surface area (Å²) in [7, 11) is 0. The molecule has 1 heterocycles. The fourth-order valence-electron chi connectivity index (χ4n) is 0.772. The van der Waals surface area contributed by atoms with Gasteiger partial charge in [0.2, 0.25) is 0 Å². The number of hydrogen-bond acceptors (Lipinski definition) is 3. The van der Waals surface area contributed by atoms with Crippen LogP contribution in [0.15, 0.2) is 12.1 Å². The van der Waals surface area contributed by atoms with Gasteiger partial charge in [-0.1, -0.05) is 6.07 Å². The van der Waals surface area contributed by atoms with Gasteiger partial charge in [0.15, 0.2) is 0 Å². The molecule has 0 aliphatic carbocycles. The summed E-state index contributed by atoms with van der Waals surface area (Å²) >= 11 is 0. The third-order valence-corrected chi connectivity index (χ3v) is 1.37. The fraction of sp³-hybridized carbons (Fsp3) is 0.286. The summed E-state index contributed by atoms with van der Waals surface area (Å²) in [6, 6.07) is 3.94. The first kappa shape index (κ1) is 7.02. The van der Waals surface area contributed by atoms with Crippen molar-refractivity contribution in [2.24, 2.45) is 5.84 Å². The molecular formula is C7H11N3. The van der Waals surface area contributed by atoms with Gasteiger partial charge >= 0.3 is 0 Å². The van der Waals surface area contributed by atoms with Gasteiger partial charge in [0.05, 0.1) is 0 Å². The number of hydrazine groups is 1. The van der Waals surface area contributed by atoms with E-state index in [0.29, 0.717) is 0 Å². The van der Waals surface area contributed by atoms with Crippen LogP contribution in [0.3, 0.4) is 0 Å². The van der Waals surface area contributed by atoms with E-state index >= 15 is 0 Å². The zero-order chi connectivity index (χ0) is 7.56. The Kier molecular flexibility index (Phi) is 1.87. The number of nitrogens with zero attached hydrogens (tertiary/aromatic N) is 1. The zero-order valence-electron chi connectivity index (χ0n) is 6.18. The van der Waals surface area contributed by atoms with E-state index in [1.807, 2.05) is 26.0 Å². The van der Waals surface area contributed by atoms with Crippen LogP contribution in [-0.2, 0) is 0 Å². The van der Waals surface area contributed by atoms with Gasteiger partial charge in [-0.2, -0.15) is 0 Å². The number of anilines is 1. The lowest BCUT2D eigenvalue weighted by atomic mass is 10.2. The molecule has 0 spiro atoms. The molecule has 10 heavy (non-hydrogen) atoms. The highest BCUT2D eigenvalue weighted by molar-refractivity contribution is 5.42. The first-order valence-electron chi connectivity index (χ1n) is 3.15. The standard InChI is InChI=1S/C7H11N3/c1-5-3-4-6(2)9-7(5)10-8/h3-4H,8H2,1-2H3,(H,9,10). The van der Waals surface area contributed by atoms with Crippen LogP contribution in [0.2, 0.25) is 0 Å². The number of nitrogens with one attached hydrogen (secondary N) is 1.